The molecule has 0 radical (unpaired) electrons. The van der Waals surface area contributed by atoms with E-state index in [1.807, 2.05) is 0 Å². The van der Waals surface area contributed by atoms with Gasteiger partial charge in [0.2, 0.25) is 17.7 Å². The minimum atomic E-state index is -1.42. The predicted octanol–water partition coefficient (Wildman–Crippen LogP) is -1.24. The minimum Gasteiger partial charge on any atom is -0.481 e. The summed E-state index contributed by atoms with van der Waals surface area (Å²) in [5, 5.41) is 25.3. The van der Waals surface area contributed by atoms with Crippen molar-refractivity contribution in [1.82, 2.24) is 16.0 Å². The van der Waals surface area contributed by atoms with E-state index in [1.165, 1.54) is 11.8 Å². The summed E-state index contributed by atoms with van der Waals surface area (Å²) >= 11 is 1.42. The molecule has 0 aromatic rings. The summed E-state index contributed by atoms with van der Waals surface area (Å²) in [6, 6.07) is -3.64. The van der Waals surface area contributed by atoms with Gasteiger partial charge < -0.3 is 31.9 Å². The van der Waals surface area contributed by atoms with Crippen molar-refractivity contribution in [2.75, 3.05) is 18.6 Å². The number of carboxylic acids is 2. The molecular formula is C17H30N4O7S. The monoisotopic (exact) mass is 434 g/mol. The van der Waals surface area contributed by atoms with Crippen molar-refractivity contribution >= 4 is 41.4 Å². The molecule has 4 atom stereocenters. The molecule has 0 saturated carbocycles. The van der Waals surface area contributed by atoms with Crippen LogP contribution in [0.5, 0.6) is 0 Å². The molecular weight excluding hydrogens is 404 g/mol. The second-order valence-electron chi connectivity index (χ2n) is 6.47. The van der Waals surface area contributed by atoms with Crippen LogP contribution in [0.15, 0.2) is 0 Å². The van der Waals surface area contributed by atoms with Gasteiger partial charge in [0.1, 0.15) is 18.1 Å². The number of amides is 3. The van der Waals surface area contributed by atoms with Crippen LogP contribution >= 0.6 is 11.8 Å². The first-order valence-electron chi connectivity index (χ1n) is 9.10. The van der Waals surface area contributed by atoms with Crippen molar-refractivity contribution in [3.63, 3.8) is 0 Å². The number of nitrogens with two attached hydrogens (primary N) is 1. The fourth-order valence-electron chi connectivity index (χ4n) is 2.35. The normalized spacial score (nSPS) is 14.8. The first-order chi connectivity index (χ1) is 13.6. The van der Waals surface area contributed by atoms with Gasteiger partial charge in [-0.1, -0.05) is 20.3 Å². The molecule has 0 aromatic heterocycles. The highest BCUT2D eigenvalue weighted by Crippen LogP contribution is 2.10. The summed E-state index contributed by atoms with van der Waals surface area (Å²) < 4.78 is 0. The number of carbonyl (C=O) groups is 5. The largest absolute Gasteiger partial charge is 0.481 e. The lowest BCUT2D eigenvalue weighted by Crippen LogP contribution is -2.57. The first kappa shape index (κ1) is 26.7. The van der Waals surface area contributed by atoms with Crippen molar-refractivity contribution in [2.24, 2.45) is 11.7 Å². The molecule has 4 unspecified atom stereocenters. The van der Waals surface area contributed by atoms with E-state index < -0.39 is 60.8 Å². The highest BCUT2D eigenvalue weighted by atomic mass is 32.2. The van der Waals surface area contributed by atoms with Gasteiger partial charge >= 0.3 is 11.9 Å². The van der Waals surface area contributed by atoms with E-state index in [1.54, 1.807) is 20.1 Å². The van der Waals surface area contributed by atoms with E-state index in [0.29, 0.717) is 12.2 Å². The summed E-state index contributed by atoms with van der Waals surface area (Å²) in [5.41, 5.74) is 5.18. The number of nitrogens with one attached hydrogen (secondary N) is 3. The van der Waals surface area contributed by atoms with E-state index in [-0.39, 0.29) is 12.3 Å². The Labute approximate surface area is 173 Å². The molecule has 0 fully saturated rings. The van der Waals surface area contributed by atoms with Crippen LogP contribution in [0.2, 0.25) is 0 Å². The number of carbonyl (C=O) groups excluding carboxylic acids is 3. The van der Waals surface area contributed by atoms with Gasteiger partial charge in [-0.3, -0.25) is 19.2 Å². The molecule has 29 heavy (non-hydrogen) atoms. The Balaban J connectivity index is 5.38. The van der Waals surface area contributed by atoms with Crippen LogP contribution in [-0.4, -0.2) is 76.6 Å². The Kier molecular flexibility index (Phi) is 12.7. The number of hydrogen-bond donors (Lipinski definition) is 6. The number of aliphatic carboxylic acids is 2. The van der Waals surface area contributed by atoms with E-state index in [0.717, 1.165) is 0 Å². The number of rotatable bonds is 14. The predicted molar refractivity (Wildman–Crippen MR) is 107 cm³/mol. The summed E-state index contributed by atoms with van der Waals surface area (Å²) in [4.78, 5) is 59.0. The molecule has 0 rings (SSSR count). The van der Waals surface area contributed by atoms with E-state index >= 15 is 0 Å². The lowest BCUT2D eigenvalue weighted by Gasteiger charge is -2.25. The molecule has 3 amide bonds. The van der Waals surface area contributed by atoms with Crippen LogP contribution in [0.4, 0.5) is 0 Å². The standard InChI is InChI=1S/C17H30N4O7S/c1-4-9(2)14(17(27)28)21-15(25)10(5-6-29-3)20-16(26)11(7-13(23)24)19-12(22)8-18/h9-11,14H,4-8,18H2,1-3H3,(H,19,22)(H,20,26)(H,21,25)(H,23,24)(H,27,28). The van der Waals surface area contributed by atoms with Gasteiger partial charge in [0.15, 0.2) is 0 Å². The molecule has 0 aliphatic heterocycles. The fraction of sp³-hybridized carbons (Fsp3) is 0.706. The Hall–Kier alpha value is -2.34. The molecule has 0 aromatic carbocycles. The molecule has 0 bridgehead atoms. The number of carboxylic acid groups (broad SMARTS) is 2. The molecule has 0 spiro atoms. The summed E-state index contributed by atoms with van der Waals surface area (Å²) in [5.74, 6) is -4.66. The zero-order chi connectivity index (χ0) is 22.6. The second-order valence-corrected chi connectivity index (χ2v) is 7.46. The number of hydrogen-bond acceptors (Lipinski definition) is 7. The zero-order valence-electron chi connectivity index (χ0n) is 16.8. The smallest absolute Gasteiger partial charge is 0.326 e. The average molecular weight is 435 g/mol. The quantitative estimate of drug-likeness (QED) is 0.194. The minimum absolute atomic E-state index is 0.191. The van der Waals surface area contributed by atoms with E-state index in [2.05, 4.69) is 16.0 Å². The van der Waals surface area contributed by atoms with Gasteiger partial charge in [-0.05, 0) is 24.3 Å². The maximum Gasteiger partial charge on any atom is 0.326 e. The van der Waals surface area contributed by atoms with Crippen LogP contribution < -0.4 is 21.7 Å². The van der Waals surface area contributed by atoms with Gasteiger partial charge in [0.05, 0.1) is 13.0 Å². The molecule has 7 N–H and O–H groups in total. The maximum absolute atomic E-state index is 12.6. The van der Waals surface area contributed by atoms with Crippen LogP contribution in [0.3, 0.4) is 0 Å². The molecule has 0 aliphatic rings. The molecule has 0 heterocycles. The third-order valence-electron chi connectivity index (χ3n) is 4.24. The van der Waals surface area contributed by atoms with Crippen LogP contribution in [0, 0.1) is 5.92 Å². The third kappa shape index (κ3) is 10.1. The average Bonchev–Trinajstić information content (AvgIpc) is 2.66. The molecule has 166 valence electrons. The van der Waals surface area contributed by atoms with Gasteiger partial charge in [-0.15, -0.1) is 0 Å². The van der Waals surface area contributed by atoms with Gasteiger partial charge in [0, 0.05) is 0 Å². The van der Waals surface area contributed by atoms with Gasteiger partial charge in [0.25, 0.3) is 0 Å². The summed E-state index contributed by atoms with van der Waals surface area (Å²) in [6.45, 7) is 3.03. The fourth-order valence-corrected chi connectivity index (χ4v) is 2.82. The van der Waals surface area contributed by atoms with E-state index in [9.17, 15) is 29.1 Å². The summed E-state index contributed by atoms with van der Waals surface area (Å²) in [7, 11) is 0. The summed E-state index contributed by atoms with van der Waals surface area (Å²) in [6.07, 6.45) is 1.81. The third-order valence-corrected chi connectivity index (χ3v) is 4.88. The van der Waals surface area contributed by atoms with Gasteiger partial charge in [-0.2, -0.15) is 11.8 Å². The Morgan fingerprint density at radius 2 is 1.59 bits per heavy atom. The number of thioether (sulfide) groups is 1. The molecule has 11 nitrogen and oxygen atoms in total. The zero-order valence-corrected chi connectivity index (χ0v) is 17.6. The Morgan fingerprint density at radius 3 is 2.03 bits per heavy atom. The molecule has 12 heteroatoms. The maximum atomic E-state index is 12.6. The Bertz CT molecular complexity index is 602. The topological polar surface area (TPSA) is 188 Å². The van der Waals surface area contributed by atoms with Crippen molar-refractivity contribution in [3.8, 4) is 0 Å². The van der Waals surface area contributed by atoms with Gasteiger partial charge in [-0.25, -0.2) is 4.79 Å². The van der Waals surface area contributed by atoms with Crippen molar-refractivity contribution in [2.45, 2.75) is 51.2 Å². The Morgan fingerprint density at radius 1 is 1.00 bits per heavy atom. The first-order valence-corrected chi connectivity index (χ1v) is 10.5. The van der Waals surface area contributed by atoms with Crippen LogP contribution in [-0.2, 0) is 24.0 Å². The SMILES string of the molecule is CCC(C)C(NC(=O)C(CCSC)NC(=O)C(CC(=O)O)NC(=O)CN)C(=O)O. The molecule has 0 aliphatic carbocycles. The lowest BCUT2D eigenvalue weighted by atomic mass is 9.98. The highest BCUT2D eigenvalue weighted by molar-refractivity contribution is 7.98. The molecule has 0 saturated heterocycles. The van der Waals surface area contributed by atoms with Crippen LogP contribution in [0.1, 0.15) is 33.1 Å². The van der Waals surface area contributed by atoms with Crippen molar-refractivity contribution in [1.29, 1.82) is 0 Å². The van der Waals surface area contributed by atoms with E-state index in [4.69, 9.17) is 10.8 Å². The second kappa shape index (κ2) is 13.8. The highest BCUT2D eigenvalue weighted by Gasteiger charge is 2.31. The lowest BCUT2D eigenvalue weighted by molar-refractivity contribution is -0.144. The van der Waals surface area contributed by atoms with Crippen molar-refractivity contribution < 1.29 is 34.2 Å². The van der Waals surface area contributed by atoms with Crippen LogP contribution in [0.25, 0.3) is 0 Å². The van der Waals surface area contributed by atoms with Crippen molar-refractivity contribution in [3.05, 3.63) is 0 Å².